The normalized spacial score (nSPS) is 16.7. The number of ketones is 1. The summed E-state index contributed by atoms with van der Waals surface area (Å²) in [4.78, 5) is 22.6. The van der Waals surface area contributed by atoms with Crippen molar-refractivity contribution in [1.82, 2.24) is 4.72 Å². The first-order valence-electron chi connectivity index (χ1n) is 8.86. The van der Waals surface area contributed by atoms with Crippen molar-refractivity contribution in [2.24, 2.45) is 0 Å². The average Bonchev–Trinajstić information content (AvgIpc) is 2.55. The molecule has 6 nitrogen and oxygen atoms in total. The highest BCUT2D eigenvalue weighted by molar-refractivity contribution is 7.89. The van der Waals surface area contributed by atoms with Crippen LogP contribution in [0.15, 0.2) is 23.1 Å². The largest absolute Gasteiger partial charge is 0.481 e. The Morgan fingerprint density at radius 1 is 1.08 bits per heavy atom. The summed E-state index contributed by atoms with van der Waals surface area (Å²) in [5.41, 5.74) is 0.147. The van der Waals surface area contributed by atoms with Gasteiger partial charge in [-0.15, -0.1) is 0 Å². The van der Waals surface area contributed by atoms with Crippen LogP contribution in [0.5, 0.6) is 0 Å². The van der Waals surface area contributed by atoms with Gasteiger partial charge in [0.15, 0.2) is 5.78 Å². The summed E-state index contributed by atoms with van der Waals surface area (Å²) in [6, 6.07) is 3.88. The maximum atomic E-state index is 12.8. The molecule has 0 amide bonds. The fraction of sp³-hybridized carbons (Fsp3) is 0.556. The van der Waals surface area contributed by atoms with Crippen LogP contribution in [0.2, 0.25) is 5.02 Å². The molecular weight excluding hydrogens is 378 g/mol. The quantitative estimate of drug-likeness (QED) is 0.677. The number of carboxylic acid groups (broad SMARTS) is 1. The minimum atomic E-state index is -3.86. The third kappa shape index (κ3) is 6.07. The molecule has 2 rings (SSSR count). The number of hydrogen-bond donors (Lipinski definition) is 2. The molecule has 0 radical (unpaired) electrons. The van der Waals surface area contributed by atoms with Gasteiger partial charge in [-0.25, -0.2) is 13.1 Å². The topological polar surface area (TPSA) is 101 Å². The summed E-state index contributed by atoms with van der Waals surface area (Å²) in [6.07, 6.45) is 6.44. The molecule has 2 N–H and O–H groups in total. The zero-order chi connectivity index (χ0) is 19.2. The van der Waals surface area contributed by atoms with E-state index in [1.54, 1.807) is 0 Å². The maximum Gasteiger partial charge on any atom is 0.303 e. The number of carboxylic acids is 1. The Kier molecular flexibility index (Phi) is 7.61. The summed E-state index contributed by atoms with van der Waals surface area (Å²) >= 11 is 6.06. The summed E-state index contributed by atoms with van der Waals surface area (Å²) < 4.78 is 28.2. The molecule has 26 heavy (non-hydrogen) atoms. The van der Waals surface area contributed by atoms with Crippen LogP contribution in [0.3, 0.4) is 0 Å². The number of rotatable bonds is 7. The SMILES string of the molecule is O=C(O)CCC(=O)c1ccc(Cl)c(S(=O)(=O)NC2CCCCCCC2)c1. The van der Waals surface area contributed by atoms with Crippen LogP contribution in [0, 0.1) is 0 Å². The Bertz CT molecular complexity index is 755. The molecule has 144 valence electrons. The minimum absolute atomic E-state index is 0.0399. The Morgan fingerprint density at radius 2 is 1.69 bits per heavy atom. The zero-order valence-electron chi connectivity index (χ0n) is 14.5. The number of aliphatic carboxylic acids is 1. The summed E-state index contributed by atoms with van der Waals surface area (Å²) in [6.45, 7) is 0. The second-order valence-electron chi connectivity index (χ2n) is 6.63. The highest BCUT2D eigenvalue weighted by Crippen LogP contribution is 2.25. The molecule has 0 bridgehead atoms. The highest BCUT2D eigenvalue weighted by Gasteiger charge is 2.24. The number of benzene rings is 1. The molecule has 1 aliphatic carbocycles. The van der Waals surface area contributed by atoms with Crippen LogP contribution in [-0.2, 0) is 14.8 Å². The van der Waals surface area contributed by atoms with E-state index >= 15 is 0 Å². The third-order valence-corrected chi connectivity index (χ3v) is 6.54. The van der Waals surface area contributed by atoms with Gasteiger partial charge in [-0.2, -0.15) is 0 Å². The summed E-state index contributed by atoms with van der Waals surface area (Å²) in [5.74, 6) is -1.50. The van der Waals surface area contributed by atoms with E-state index in [-0.39, 0.29) is 34.4 Å². The van der Waals surface area contributed by atoms with Crippen molar-refractivity contribution in [3.05, 3.63) is 28.8 Å². The van der Waals surface area contributed by atoms with Crippen LogP contribution < -0.4 is 4.72 Å². The highest BCUT2D eigenvalue weighted by atomic mass is 35.5. The standard InChI is InChI=1S/C18H24ClNO5S/c19-15-9-8-13(16(21)10-11-18(22)23)12-17(15)26(24,25)20-14-6-4-2-1-3-5-7-14/h8-9,12,14,20H,1-7,10-11H2,(H,22,23). The second-order valence-corrected chi connectivity index (χ2v) is 8.72. The smallest absolute Gasteiger partial charge is 0.303 e. The average molecular weight is 402 g/mol. The van der Waals surface area contributed by atoms with Gasteiger partial charge in [0.25, 0.3) is 0 Å². The van der Waals surface area contributed by atoms with E-state index in [1.165, 1.54) is 24.6 Å². The molecule has 0 aliphatic heterocycles. The summed E-state index contributed by atoms with van der Waals surface area (Å²) in [7, 11) is -3.86. The van der Waals surface area contributed by atoms with Gasteiger partial charge in [-0.1, -0.05) is 43.7 Å². The van der Waals surface area contributed by atoms with Gasteiger partial charge in [0.05, 0.1) is 11.4 Å². The van der Waals surface area contributed by atoms with Gasteiger partial charge < -0.3 is 5.11 Å². The van der Waals surface area contributed by atoms with E-state index in [0.717, 1.165) is 38.5 Å². The van der Waals surface area contributed by atoms with Gasteiger partial charge in [0.2, 0.25) is 10.0 Å². The number of carbonyl (C=O) groups is 2. The lowest BCUT2D eigenvalue weighted by Crippen LogP contribution is -2.35. The molecule has 1 aromatic carbocycles. The van der Waals surface area contributed by atoms with E-state index in [0.29, 0.717) is 0 Å². The first-order valence-corrected chi connectivity index (χ1v) is 10.7. The van der Waals surface area contributed by atoms with Crippen LogP contribution in [0.4, 0.5) is 0 Å². The summed E-state index contributed by atoms with van der Waals surface area (Å²) in [5, 5.41) is 8.72. The fourth-order valence-electron chi connectivity index (χ4n) is 3.10. The van der Waals surface area contributed by atoms with Crippen LogP contribution in [0.25, 0.3) is 0 Å². The second kappa shape index (κ2) is 9.48. The monoisotopic (exact) mass is 401 g/mol. The van der Waals surface area contributed by atoms with Gasteiger partial charge >= 0.3 is 5.97 Å². The van der Waals surface area contributed by atoms with E-state index in [4.69, 9.17) is 16.7 Å². The number of carbonyl (C=O) groups excluding carboxylic acids is 1. The molecule has 0 saturated heterocycles. The van der Waals surface area contributed by atoms with Crippen molar-refractivity contribution in [2.45, 2.75) is 68.7 Å². The van der Waals surface area contributed by atoms with Gasteiger partial charge in [-0.3, -0.25) is 9.59 Å². The number of Topliss-reactive ketones (excluding diaryl/α,β-unsaturated/α-hetero) is 1. The third-order valence-electron chi connectivity index (χ3n) is 4.54. The van der Waals surface area contributed by atoms with Crippen LogP contribution in [-0.4, -0.2) is 31.3 Å². The van der Waals surface area contributed by atoms with Gasteiger partial charge in [0, 0.05) is 18.0 Å². The van der Waals surface area contributed by atoms with Gasteiger partial charge in [-0.05, 0) is 31.0 Å². The lowest BCUT2D eigenvalue weighted by Gasteiger charge is -2.21. The first kappa shape index (κ1) is 20.9. The lowest BCUT2D eigenvalue weighted by molar-refractivity contribution is -0.136. The molecule has 0 aromatic heterocycles. The molecule has 8 heteroatoms. The molecule has 1 aromatic rings. The number of halogens is 1. The number of sulfonamides is 1. The predicted molar refractivity (Wildman–Crippen MR) is 99.1 cm³/mol. The van der Waals surface area contributed by atoms with Crippen molar-refractivity contribution in [2.75, 3.05) is 0 Å². The minimum Gasteiger partial charge on any atom is -0.481 e. The molecule has 0 spiro atoms. The van der Waals surface area contributed by atoms with Crippen molar-refractivity contribution < 1.29 is 23.1 Å². The number of nitrogens with one attached hydrogen (secondary N) is 1. The van der Waals surface area contributed by atoms with Crippen LogP contribution >= 0.6 is 11.6 Å². The number of hydrogen-bond acceptors (Lipinski definition) is 4. The van der Waals surface area contributed by atoms with E-state index in [1.807, 2.05) is 0 Å². The fourth-order valence-corrected chi connectivity index (χ4v) is 4.94. The van der Waals surface area contributed by atoms with Crippen LogP contribution in [0.1, 0.15) is 68.1 Å². The van der Waals surface area contributed by atoms with Crippen molar-refractivity contribution in [1.29, 1.82) is 0 Å². The van der Waals surface area contributed by atoms with E-state index in [9.17, 15) is 18.0 Å². The molecule has 1 saturated carbocycles. The Hall–Kier alpha value is -1.44. The zero-order valence-corrected chi connectivity index (χ0v) is 16.1. The molecule has 0 heterocycles. The molecule has 0 atom stereocenters. The van der Waals surface area contributed by atoms with E-state index in [2.05, 4.69) is 4.72 Å². The van der Waals surface area contributed by atoms with Gasteiger partial charge in [0.1, 0.15) is 4.90 Å². The Balaban J connectivity index is 2.17. The van der Waals surface area contributed by atoms with E-state index < -0.39 is 21.8 Å². The molecule has 1 fully saturated rings. The predicted octanol–water partition coefficient (Wildman–Crippen LogP) is 3.78. The Morgan fingerprint density at radius 3 is 2.31 bits per heavy atom. The maximum absolute atomic E-state index is 12.8. The van der Waals surface area contributed by atoms with Crippen molar-refractivity contribution in [3.8, 4) is 0 Å². The Labute approximate surface area is 159 Å². The van der Waals surface area contributed by atoms with Crippen molar-refractivity contribution >= 4 is 33.4 Å². The molecule has 0 unspecified atom stereocenters. The van der Waals surface area contributed by atoms with Crippen molar-refractivity contribution in [3.63, 3.8) is 0 Å². The molecule has 1 aliphatic rings. The lowest BCUT2D eigenvalue weighted by atomic mass is 9.97. The molecular formula is C18H24ClNO5S. The first-order chi connectivity index (χ1) is 12.3.